The molecule has 0 aliphatic carbocycles. The van der Waals surface area contributed by atoms with Gasteiger partial charge in [-0.2, -0.15) is 5.48 Å². The number of hydrogen-bond donors (Lipinski definition) is 3. The zero-order valence-corrected chi connectivity index (χ0v) is 9.75. The lowest BCUT2D eigenvalue weighted by atomic mass is 10.2. The number of halogens is 1. The van der Waals surface area contributed by atoms with E-state index in [2.05, 4.69) is 15.6 Å². The van der Waals surface area contributed by atoms with E-state index in [9.17, 15) is 9.59 Å². The van der Waals surface area contributed by atoms with Crippen LogP contribution in [0.1, 0.15) is 10.4 Å². The Hall–Kier alpha value is -1.63. The number of hydroxylamine groups is 1. The van der Waals surface area contributed by atoms with E-state index in [0.29, 0.717) is 0 Å². The lowest BCUT2D eigenvalue weighted by molar-refractivity contribution is -0.117. The summed E-state index contributed by atoms with van der Waals surface area (Å²) in [5, 5.41) is 11.5. The highest BCUT2D eigenvalue weighted by atomic mass is 35.5. The number of amides is 1. The average molecular weight is 259 g/mol. The number of rotatable bonds is 5. The first-order valence-electron chi connectivity index (χ1n) is 4.63. The van der Waals surface area contributed by atoms with Crippen molar-refractivity contribution < 1.29 is 19.5 Å². The zero-order chi connectivity index (χ0) is 12.8. The van der Waals surface area contributed by atoms with E-state index in [1.165, 1.54) is 25.3 Å². The Balaban J connectivity index is 2.79. The molecule has 0 unspecified atom stereocenters. The fraction of sp³-hybridized carbons (Fsp3) is 0.200. The van der Waals surface area contributed by atoms with Crippen molar-refractivity contribution in [1.82, 2.24) is 5.48 Å². The lowest BCUT2D eigenvalue weighted by Crippen LogP contribution is -2.27. The van der Waals surface area contributed by atoms with Gasteiger partial charge < -0.3 is 15.3 Å². The topological polar surface area (TPSA) is 87.7 Å². The maximum absolute atomic E-state index is 11.3. The molecule has 0 bridgehead atoms. The molecule has 1 aromatic rings. The van der Waals surface area contributed by atoms with Gasteiger partial charge >= 0.3 is 5.97 Å². The molecule has 0 aliphatic heterocycles. The highest BCUT2D eigenvalue weighted by molar-refractivity contribution is 6.33. The molecule has 0 heterocycles. The van der Waals surface area contributed by atoms with Crippen LogP contribution in [0.15, 0.2) is 18.2 Å². The number of nitrogens with one attached hydrogen (secondary N) is 2. The second kappa shape index (κ2) is 6.19. The third-order valence-electron chi connectivity index (χ3n) is 1.86. The van der Waals surface area contributed by atoms with Crippen molar-refractivity contribution in [1.29, 1.82) is 0 Å². The molecule has 0 saturated carbocycles. The summed E-state index contributed by atoms with van der Waals surface area (Å²) in [5.41, 5.74) is 2.64. The molecule has 1 amide bonds. The van der Waals surface area contributed by atoms with Gasteiger partial charge in [-0.3, -0.25) is 4.79 Å². The first-order chi connectivity index (χ1) is 8.04. The summed E-state index contributed by atoms with van der Waals surface area (Å²) in [6, 6.07) is 4.05. The maximum atomic E-state index is 11.3. The SMILES string of the molecule is CONCC(=O)Nc1cc(C(=O)O)ccc1Cl. The van der Waals surface area contributed by atoms with Crippen molar-refractivity contribution in [3.63, 3.8) is 0 Å². The van der Waals surface area contributed by atoms with Crippen LogP contribution in [0, 0.1) is 0 Å². The van der Waals surface area contributed by atoms with Gasteiger partial charge in [0.15, 0.2) is 0 Å². The molecule has 0 atom stereocenters. The van der Waals surface area contributed by atoms with E-state index < -0.39 is 11.9 Å². The average Bonchev–Trinajstić information content (AvgIpc) is 2.29. The monoisotopic (exact) mass is 258 g/mol. The molecule has 17 heavy (non-hydrogen) atoms. The molecule has 0 spiro atoms. The summed E-state index contributed by atoms with van der Waals surface area (Å²) >= 11 is 5.82. The number of benzene rings is 1. The summed E-state index contributed by atoms with van der Waals surface area (Å²) in [5.74, 6) is -1.48. The Bertz CT molecular complexity index is 436. The van der Waals surface area contributed by atoms with Gasteiger partial charge in [-0.1, -0.05) is 11.6 Å². The van der Waals surface area contributed by atoms with Gasteiger partial charge in [0.2, 0.25) is 5.91 Å². The van der Waals surface area contributed by atoms with E-state index in [-0.39, 0.29) is 22.8 Å². The van der Waals surface area contributed by atoms with Crippen LogP contribution in [0.4, 0.5) is 5.69 Å². The first-order valence-corrected chi connectivity index (χ1v) is 5.01. The van der Waals surface area contributed by atoms with E-state index in [1.807, 2.05) is 0 Å². The van der Waals surface area contributed by atoms with Gasteiger partial charge in [0.25, 0.3) is 0 Å². The minimum atomic E-state index is -1.09. The summed E-state index contributed by atoms with van der Waals surface area (Å²) in [6.45, 7) is -0.0653. The van der Waals surface area contributed by atoms with E-state index in [0.717, 1.165) is 0 Å². The molecule has 3 N–H and O–H groups in total. The van der Waals surface area contributed by atoms with Crippen molar-refractivity contribution >= 4 is 29.2 Å². The largest absolute Gasteiger partial charge is 0.478 e. The van der Waals surface area contributed by atoms with Gasteiger partial charge in [0.1, 0.15) is 6.54 Å². The molecule has 1 rings (SSSR count). The predicted molar refractivity (Wildman–Crippen MR) is 62.1 cm³/mol. The van der Waals surface area contributed by atoms with Crippen LogP contribution in [0.5, 0.6) is 0 Å². The van der Waals surface area contributed by atoms with Gasteiger partial charge in [-0.15, -0.1) is 0 Å². The smallest absolute Gasteiger partial charge is 0.335 e. The third-order valence-corrected chi connectivity index (χ3v) is 2.19. The molecule has 1 aromatic carbocycles. The minimum absolute atomic E-state index is 0.0457. The number of carbonyl (C=O) groups is 2. The molecule has 7 heteroatoms. The van der Waals surface area contributed by atoms with Crippen LogP contribution < -0.4 is 10.8 Å². The third kappa shape index (κ3) is 4.03. The molecular formula is C10H11ClN2O4. The Morgan fingerprint density at radius 1 is 1.47 bits per heavy atom. The molecule has 0 saturated heterocycles. The van der Waals surface area contributed by atoms with Gasteiger partial charge in [-0.25, -0.2) is 4.79 Å². The summed E-state index contributed by atoms with van der Waals surface area (Å²) in [4.78, 5) is 26.6. The van der Waals surface area contributed by atoms with Crippen LogP contribution in [-0.2, 0) is 9.63 Å². The number of carboxylic acids is 1. The van der Waals surface area contributed by atoms with Gasteiger partial charge in [0.05, 0.1) is 23.4 Å². The number of hydrogen-bond acceptors (Lipinski definition) is 4. The van der Waals surface area contributed by atoms with Crippen LogP contribution >= 0.6 is 11.6 Å². The van der Waals surface area contributed by atoms with Gasteiger partial charge in [-0.05, 0) is 18.2 Å². The van der Waals surface area contributed by atoms with Crippen molar-refractivity contribution in [3.8, 4) is 0 Å². The number of carbonyl (C=O) groups excluding carboxylic acids is 1. The van der Waals surface area contributed by atoms with Crippen LogP contribution in [-0.4, -0.2) is 30.6 Å². The molecule has 92 valence electrons. The highest BCUT2D eigenvalue weighted by Crippen LogP contribution is 2.22. The molecule has 6 nitrogen and oxygen atoms in total. The van der Waals surface area contributed by atoms with Crippen LogP contribution in [0.25, 0.3) is 0 Å². The molecule has 0 radical (unpaired) electrons. The van der Waals surface area contributed by atoms with E-state index in [1.54, 1.807) is 0 Å². The number of carboxylic acid groups (broad SMARTS) is 1. The zero-order valence-electron chi connectivity index (χ0n) is 8.99. The molecule has 0 fully saturated rings. The number of anilines is 1. The Morgan fingerprint density at radius 3 is 2.76 bits per heavy atom. The fourth-order valence-corrected chi connectivity index (χ4v) is 1.25. The molecule has 0 aromatic heterocycles. The number of aromatic carboxylic acids is 1. The first kappa shape index (κ1) is 13.4. The van der Waals surface area contributed by atoms with Gasteiger partial charge in [0, 0.05) is 0 Å². The normalized spacial score (nSPS) is 10.0. The van der Waals surface area contributed by atoms with Crippen molar-refractivity contribution in [2.45, 2.75) is 0 Å². The van der Waals surface area contributed by atoms with Crippen molar-refractivity contribution in [3.05, 3.63) is 28.8 Å². The highest BCUT2D eigenvalue weighted by Gasteiger charge is 2.09. The second-order valence-electron chi connectivity index (χ2n) is 3.07. The van der Waals surface area contributed by atoms with E-state index in [4.69, 9.17) is 16.7 Å². The minimum Gasteiger partial charge on any atom is -0.478 e. The van der Waals surface area contributed by atoms with Crippen LogP contribution in [0.2, 0.25) is 5.02 Å². The Kier molecular flexibility index (Phi) is 4.89. The summed E-state index contributed by atoms with van der Waals surface area (Å²) in [6.07, 6.45) is 0. The molecular weight excluding hydrogens is 248 g/mol. The van der Waals surface area contributed by atoms with Crippen LogP contribution in [0.3, 0.4) is 0 Å². The predicted octanol–water partition coefficient (Wildman–Crippen LogP) is 1.13. The standard InChI is InChI=1S/C10H11ClN2O4/c1-17-12-5-9(14)13-8-4-6(10(15)16)2-3-7(8)11/h2-4,12H,5H2,1H3,(H,13,14)(H,15,16). The van der Waals surface area contributed by atoms with E-state index >= 15 is 0 Å². The molecule has 0 aliphatic rings. The second-order valence-corrected chi connectivity index (χ2v) is 3.48. The maximum Gasteiger partial charge on any atom is 0.335 e. The Labute approximate surface area is 102 Å². The fourth-order valence-electron chi connectivity index (χ4n) is 1.09. The lowest BCUT2D eigenvalue weighted by Gasteiger charge is -2.08. The van der Waals surface area contributed by atoms with Crippen molar-refractivity contribution in [2.75, 3.05) is 19.0 Å². The summed E-state index contributed by atoms with van der Waals surface area (Å²) < 4.78 is 0. The Morgan fingerprint density at radius 2 is 2.18 bits per heavy atom. The summed E-state index contributed by atoms with van der Waals surface area (Å²) in [7, 11) is 1.38. The quantitative estimate of drug-likeness (QED) is 0.689. The van der Waals surface area contributed by atoms with Crippen molar-refractivity contribution in [2.24, 2.45) is 0 Å².